The largest absolute Gasteiger partial charge is 0.396 e. The van der Waals surface area contributed by atoms with Crippen LogP contribution in [0.25, 0.3) is 0 Å². The summed E-state index contributed by atoms with van der Waals surface area (Å²) >= 11 is 0. The first-order valence-electron chi connectivity index (χ1n) is 6.76. The molecule has 0 fully saturated rings. The van der Waals surface area contributed by atoms with Crippen molar-refractivity contribution in [1.82, 2.24) is 0 Å². The number of rotatable bonds is 6. The molecule has 19 heavy (non-hydrogen) atoms. The maximum atomic E-state index is 9.06. The highest BCUT2D eigenvalue weighted by Gasteiger charge is 2.07. The van der Waals surface area contributed by atoms with Crippen LogP contribution in [0.2, 0.25) is 0 Å². The quantitative estimate of drug-likeness (QED) is 0.855. The van der Waals surface area contributed by atoms with E-state index in [1.165, 1.54) is 16.8 Å². The number of aryl methyl sites for hydroxylation is 1. The Bertz CT molecular complexity index is 496. The Kier molecular flexibility index (Phi) is 4.99. The molecule has 0 atom stereocenters. The number of anilines is 1. The Hall–Kier alpha value is -1.80. The normalized spacial score (nSPS) is 10.4. The standard InChI is InChI=1S/C17H21NO/c1-15-7-5-10-17(13-15)18(11-6-12-19)14-16-8-3-2-4-9-16/h2-5,7-10,13,19H,6,11-12,14H2,1H3. The van der Waals surface area contributed by atoms with E-state index >= 15 is 0 Å². The van der Waals surface area contributed by atoms with Crippen LogP contribution in [0.4, 0.5) is 5.69 Å². The third-order valence-corrected chi connectivity index (χ3v) is 3.17. The average Bonchev–Trinajstić information content (AvgIpc) is 2.44. The van der Waals surface area contributed by atoms with Gasteiger partial charge >= 0.3 is 0 Å². The van der Waals surface area contributed by atoms with E-state index in [9.17, 15) is 0 Å². The van der Waals surface area contributed by atoms with Gasteiger partial charge < -0.3 is 10.0 Å². The van der Waals surface area contributed by atoms with Gasteiger partial charge in [0.1, 0.15) is 0 Å². The molecule has 0 bridgehead atoms. The minimum atomic E-state index is 0.233. The molecule has 2 rings (SSSR count). The first-order chi connectivity index (χ1) is 9.29. The van der Waals surface area contributed by atoms with Gasteiger partial charge in [0.2, 0.25) is 0 Å². The average molecular weight is 255 g/mol. The molecule has 1 N–H and O–H groups in total. The number of aliphatic hydroxyl groups excluding tert-OH is 1. The van der Waals surface area contributed by atoms with Crippen LogP contribution < -0.4 is 4.90 Å². The Labute approximate surface area is 115 Å². The maximum Gasteiger partial charge on any atom is 0.0447 e. The number of aliphatic hydroxyl groups is 1. The zero-order chi connectivity index (χ0) is 13.5. The lowest BCUT2D eigenvalue weighted by Gasteiger charge is -2.25. The predicted octanol–water partition coefficient (Wildman–Crippen LogP) is 3.38. The molecule has 0 aromatic heterocycles. The highest BCUT2D eigenvalue weighted by molar-refractivity contribution is 5.48. The van der Waals surface area contributed by atoms with Gasteiger partial charge in [-0.1, -0.05) is 42.5 Å². The molecule has 2 aromatic rings. The van der Waals surface area contributed by atoms with Crippen LogP contribution in [-0.4, -0.2) is 18.3 Å². The number of hydrogen-bond donors (Lipinski definition) is 1. The van der Waals surface area contributed by atoms with Crippen LogP contribution in [-0.2, 0) is 6.54 Å². The van der Waals surface area contributed by atoms with Crippen LogP contribution in [0.1, 0.15) is 17.5 Å². The number of nitrogens with zero attached hydrogens (tertiary/aromatic N) is 1. The third kappa shape index (κ3) is 4.11. The van der Waals surface area contributed by atoms with E-state index in [0.29, 0.717) is 0 Å². The summed E-state index contributed by atoms with van der Waals surface area (Å²) in [6, 6.07) is 19.0. The van der Waals surface area contributed by atoms with Crippen molar-refractivity contribution in [3.63, 3.8) is 0 Å². The lowest BCUT2D eigenvalue weighted by atomic mass is 10.1. The molecule has 0 heterocycles. The van der Waals surface area contributed by atoms with Gasteiger partial charge in [-0.2, -0.15) is 0 Å². The van der Waals surface area contributed by atoms with Crippen molar-refractivity contribution >= 4 is 5.69 Å². The summed E-state index contributed by atoms with van der Waals surface area (Å²) in [5.41, 5.74) is 3.78. The zero-order valence-corrected chi connectivity index (χ0v) is 11.4. The molecule has 0 aliphatic carbocycles. The van der Waals surface area contributed by atoms with Gasteiger partial charge in [0.25, 0.3) is 0 Å². The van der Waals surface area contributed by atoms with Gasteiger partial charge in [0, 0.05) is 25.4 Å². The molecule has 0 amide bonds. The maximum absolute atomic E-state index is 9.06. The van der Waals surface area contributed by atoms with Gasteiger partial charge in [-0.25, -0.2) is 0 Å². The van der Waals surface area contributed by atoms with Crippen molar-refractivity contribution in [1.29, 1.82) is 0 Å². The predicted molar refractivity (Wildman–Crippen MR) is 80.4 cm³/mol. The van der Waals surface area contributed by atoms with Crippen molar-refractivity contribution in [3.05, 3.63) is 65.7 Å². The SMILES string of the molecule is Cc1cccc(N(CCCO)Cc2ccccc2)c1. The summed E-state index contributed by atoms with van der Waals surface area (Å²) in [5.74, 6) is 0. The lowest BCUT2D eigenvalue weighted by Crippen LogP contribution is -2.24. The van der Waals surface area contributed by atoms with Crippen molar-refractivity contribution in [2.24, 2.45) is 0 Å². The monoisotopic (exact) mass is 255 g/mol. The van der Waals surface area contributed by atoms with E-state index in [2.05, 4.69) is 60.4 Å². The molecular formula is C17H21NO. The van der Waals surface area contributed by atoms with Crippen molar-refractivity contribution in [2.75, 3.05) is 18.1 Å². The smallest absolute Gasteiger partial charge is 0.0447 e. The summed E-state index contributed by atoms with van der Waals surface area (Å²) in [6.45, 7) is 4.09. The highest BCUT2D eigenvalue weighted by atomic mass is 16.3. The van der Waals surface area contributed by atoms with Gasteiger partial charge in [-0.15, -0.1) is 0 Å². The van der Waals surface area contributed by atoms with Gasteiger partial charge in [-0.05, 0) is 36.6 Å². The fraction of sp³-hybridized carbons (Fsp3) is 0.294. The lowest BCUT2D eigenvalue weighted by molar-refractivity contribution is 0.289. The molecule has 0 aliphatic rings. The molecule has 0 saturated heterocycles. The molecular weight excluding hydrogens is 234 g/mol. The third-order valence-electron chi connectivity index (χ3n) is 3.17. The van der Waals surface area contributed by atoms with Crippen molar-refractivity contribution in [3.8, 4) is 0 Å². The Morgan fingerprint density at radius 2 is 1.79 bits per heavy atom. The molecule has 0 unspecified atom stereocenters. The van der Waals surface area contributed by atoms with Crippen molar-refractivity contribution in [2.45, 2.75) is 19.9 Å². The molecule has 0 spiro atoms. The van der Waals surface area contributed by atoms with Crippen LogP contribution >= 0.6 is 0 Å². The molecule has 100 valence electrons. The van der Waals surface area contributed by atoms with E-state index in [4.69, 9.17) is 5.11 Å². The zero-order valence-electron chi connectivity index (χ0n) is 11.4. The van der Waals surface area contributed by atoms with Crippen LogP contribution in [0, 0.1) is 6.92 Å². The Morgan fingerprint density at radius 3 is 2.47 bits per heavy atom. The molecule has 2 aromatic carbocycles. The molecule has 0 saturated carbocycles. The van der Waals surface area contributed by atoms with Crippen molar-refractivity contribution < 1.29 is 5.11 Å². The van der Waals surface area contributed by atoms with Crippen LogP contribution in [0.15, 0.2) is 54.6 Å². The summed E-state index contributed by atoms with van der Waals surface area (Å²) in [6.07, 6.45) is 0.792. The molecule has 0 aliphatic heterocycles. The van der Waals surface area contributed by atoms with E-state index in [-0.39, 0.29) is 6.61 Å². The topological polar surface area (TPSA) is 23.5 Å². The fourth-order valence-electron chi connectivity index (χ4n) is 2.19. The Morgan fingerprint density at radius 1 is 1.00 bits per heavy atom. The number of benzene rings is 2. The molecule has 2 heteroatoms. The van der Waals surface area contributed by atoms with E-state index in [1.807, 2.05) is 6.07 Å². The molecule has 2 nitrogen and oxygen atoms in total. The first-order valence-corrected chi connectivity index (χ1v) is 6.76. The summed E-state index contributed by atoms with van der Waals surface area (Å²) in [7, 11) is 0. The van der Waals surface area contributed by atoms with Gasteiger partial charge in [0.05, 0.1) is 0 Å². The van der Waals surface area contributed by atoms with E-state index in [1.54, 1.807) is 0 Å². The highest BCUT2D eigenvalue weighted by Crippen LogP contribution is 2.19. The summed E-state index contributed by atoms with van der Waals surface area (Å²) in [5, 5.41) is 9.06. The number of hydrogen-bond acceptors (Lipinski definition) is 2. The van der Waals surface area contributed by atoms with E-state index < -0.39 is 0 Å². The van der Waals surface area contributed by atoms with Crippen LogP contribution in [0.5, 0.6) is 0 Å². The second-order valence-corrected chi connectivity index (χ2v) is 4.82. The fourth-order valence-corrected chi connectivity index (χ4v) is 2.19. The molecule has 0 radical (unpaired) electrons. The van der Waals surface area contributed by atoms with Crippen LogP contribution in [0.3, 0.4) is 0 Å². The summed E-state index contributed by atoms with van der Waals surface area (Å²) < 4.78 is 0. The minimum Gasteiger partial charge on any atom is -0.396 e. The Balaban J connectivity index is 2.16. The van der Waals surface area contributed by atoms with E-state index in [0.717, 1.165) is 19.5 Å². The second kappa shape index (κ2) is 6.95. The second-order valence-electron chi connectivity index (χ2n) is 4.82. The first kappa shape index (κ1) is 13.6. The van der Waals surface area contributed by atoms with Gasteiger partial charge in [0.15, 0.2) is 0 Å². The minimum absolute atomic E-state index is 0.233. The summed E-state index contributed by atoms with van der Waals surface area (Å²) in [4.78, 5) is 2.32. The van der Waals surface area contributed by atoms with Gasteiger partial charge in [-0.3, -0.25) is 0 Å².